The van der Waals surface area contributed by atoms with Crippen LogP contribution < -0.4 is 0 Å². The van der Waals surface area contributed by atoms with Gasteiger partial charge >= 0.3 is 6.18 Å². The molecule has 0 radical (unpaired) electrons. The molecule has 0 aromatic heterocycles. The summed E-state index contributed by atoms with van der Waals surface area (Å²) in [7, 11) is 0. The van der Waals surface area contributed by atoms with Crippen molar-refractivity contribution in [3.05, 3.63) is 0 Å². The van der Waals surface area contributed by atoms with E-state index in [-0.39, 0.29) is 6.61 Å². The van der Waals surface area contributed by atoms with E-state index < -0.39 is 6.18 Å². The van der Waals surface area contributed by atoms with Crippen molar-refractivity contribution < 1.29 is 17.9 Å². The lowest BCUT2D eigenvalue weighted by atomic mass is 10.6. The molecular formula is C6H7F3O. The van der Waals surface area contributed by atoms with E-state index in [1.807, 2.05) is 5.92 Å². The molecule has 0 fully saturated rings. The highest BCUT2D eigenvalue weighted by Crippen LogP contribution is 2.11. The van der Waals surface area contributed by atoms with Gasteiger partial charge in [-0.3, -0.25) is 0 Å². The first-order valence-electron chi connectivity index (χ1n) is 2.70. The zero-order chi connectivity index (χ0) is 8.04. The minimum Gasteiger partial charge on any atom is -0.369 e. The molecule has 4 heteroatoms. The Morgan fingerprint density at radius 1 is 1.40 bits per heavy atom. The van der Waals surface area contributed by atoms with Gasteiger partial charge in [-0.2, -0.15) is 13.2 Å². The van der Waals surface area contributed by atoms with Gasteiger partial charge in [-0.25, -0.2) is 0 Å². The molecule has 0 atom stereocenters. The van der Waals surface area contributed by atoms with Crippen molar-refractivity contribution in [3.63, 3.8) is 0 Å². The highest BCUT2D eigenvalue weighted by Gasteiger charge is 2.22. The smallest absolute Gasteiger partial charge is 0.369 e. The summed E-state index contributed by atoms with van der Waals surface area (Å²) in [5, 5.41) is 0. The van der Waals surface area contributed by atoms with Crippen LogP contribution in [0.4, 0.5) is 13.2 Å². The van der Waals surface area contributed by atoms with Crippen molar-refractivity contribution in [2.75, 3.05) is 13.2 Å². The minimum atomic E-state index is -4.39. The first-order chi connectivity index (χ1) is 4.56. The van der Waals surface area contributed by atoms with Gasteiger partial charge in [0, 0.05) is 12.5 Å². The number of rotatable bonds is 2. The van der Waals surface area contributed by atoms with Gasteiger partial charge in [0.1, 0.15) is 6.61 Å². The maximum Gasteiger partial charge on any atom is 0.457 e. The van der Waals surface area contributed by atoms with Crippen molar-refractivity contribution in [2.45, 2.75) is 13.1 Å². The summed E-state index contributed by atoms with van der Waals surface area (Å²) in [6.07, 6.45) is -4.39. The van der Waals surface area contributed by atoms with Crippen molar-refractivity contribution in [3.8, 4) is 11.8 Å². The number of alkyl halides is 3. The SMILES string of the molecule is CCOCC#CC(F)(F)F. The van der Waals surface area contributed by atoms with Crippen LogP contribution in [0.15, 0.2) is 0 Å². The van der Waals surface area contributed by atoms with E-state index >= 15 is 0 Å². The van der Waals surface area contributed by atoms with Crippen LogP contribution in [0.25, 0.3) is 0 Å². The van der Waals surface area contributed by atoms with E-state index in [4.69, 9.17) is 0 Å². The summed E-state index contributed by atoms with van der Waals surface area (Å²) in [6, 6.07) is 0. The predicted octanol–water partition coefficient (Wildman–Crippen LogP) is 1.59. The second-order valence-corrected chi connectivity index (χ2v) is 1.44. The Labute approximate surface area is 57.2 Å². The maximum atomic E-state index is 11.3. The predicted molar refractivity (Wildman–Crippen MR) is 30.3 cm³/mol. The lowest BCUT2D eigenvalue weighted by Crippen LogP contribution is -2.02. The Hall–Kier alpha value is -0.690. The number of ether oxygens (including phenoxy) is 1. The fourth-order valence-electron chi connectivity index (χ4n) is 0.289. The average Bonchev–Trinajstić information content (AvgIpc) is 1.78. The summed E-state index contributed by atoms with van der Waals surface area (Å²) in [5.41, 5.74) is 0. The first-order valence-corrected chi connectivity index (χ1v) is 2.70. The van der Waals surface area contributed by atoms with Crippen molar-refractivity contribution in [1.82, 2.24) is 0 Å². The zero-order valence-corrected chi connectivity index (χ0v) is 5.46. The van der Waals surface area contributed by atoms with Gasteiger partial charge in [0.2, 0.25) is 0 Å². The Morgan fingerprint density at radius 2 is 2.00 bits per heavy atom. The molecule has 58 valence electrons. The Balaban J connectivity index is 3.50. The van der Waals surface area contributed by atoms with Gasteiger partial charge in [-0.15, -0.1) is 0 Å². The number of halogens is 3. The monoisotopic (exact) mass is 152 g/mol. The highest BCUT2D eigenvalue weighted by molar-refractivity contribution is 5.05. The van der Waals surface area contributed by atoms with Gasteiger partial charge in [-0.1, -0.05) is 5.92 Å². The van der Waals surface area contributed by atoms with Crippen LogP contribution in [-0.2, 0) is 4.74 Å². The zero-order valence-electron chi connectivity index (χ0n) is 5.46. The van der Waals surface area contributed by atoms with E-state index in [2.05, 4.69) is 4.74 Å². The van der Waals surface area contributed by atoms with Crippen molar-refractivity contribution >= 4 is 0 Å². The fraction of sp³-hybridized carbons (Fsp3) is 0.667. The Bertz CT molecular complexity index is 139. The Kier molecular flexibility index (Phi) is 3.89. The van der Waals surface area contributed by atoms with Crippen molar-refractivity contribution in [2.24, 2.45) is 0 Å². The fourth-order valence-corrected chi connectivity index (χ4v) is 0.289. The number of hydrogen-bond acceptors (Lipinski definition) is 1. The second kappa shape index (κ2) is 4.18. The average molecular weight is 152 g/mol. The summed E-state index contributed by atoms with van der Waals surface area (Å²) in [5.74, 6) is 2.91. The summed E-state index contributed by atoms with van der Waals surface area (Å²) < 4.78 is 38.3. The van der Waals surface area contributed by atoms with Crippen LogP contribution in [0.2, 0.25) is 0 Å². The molecule has 0 rings (SSSR count). The van der Waals surface area contributed by atoms with Crippen LogP contribution >= 0.6 is 0 Å². The van der Waals surface area contributed by atoms with Gasteiger partial charge < -0.3 is 4.74 Å². The lowest BCUT2D eigenvalue weighted by molar-refractivity contribution is -0.0698. The molecule has 1 nitrogen and oxygen atoms in total. The topological polar surface area (TPSA) is 9.23 Å². The third-order valence-electron chi connectivity index (χ3n) is 0.608. The summed E-state index contributed by atoms with van der Waals surface area (Å²) in [4.78, 5) is 0. The summed E-state index contributed by atoms with van der Waals surface area (Å²) in [6.45, 7) is 1.91. The van der Waals surface area contributed by atoms with Crippen LogP contribution in [-0.4, -0.2) is 19.4 Å². The van der Waals surface area contributed by atoms with Gasteiger partial charge in [-0.05, 0) is 6.92 Å². The normalized spacial score (nSPS) is 10.4. The molecule has 0 bridgehead atoms. The molecule has 0 spiro atoms. The van der Waals surface area contributed by atoms with E-state index in [0.717, 1.165) is 5.92 Å². The summed E-state index contributed by atoms with van der Waals surface area (Å²) >= 11 is 0. The molecule has 0 N–H and O–H groups in total. The molecule has 0 unspecified atom stereocenters. The molecule has 0 saturated heterocycles. The first kappa shape index (κ1) is 9.31. The molecule has 0 aromatic rings. The van der Waals surface area contributed by atoms with Gasteiger partial charge in [0.15, 0.2) is 0 Å². The van der Waals surface area contributed by atoms with E-state index in [1.54, 1.807) is 6.92 Å². The van der Waals surface area contributed by atoms with E-state index in [9.17, 15) is 13.2 Å². The third kappa shape index (κ3) is 7.31. The molecule has 0 aliphatic heterocycles. The molecule has 0 saturated carbocycles. The molecule has 10 heavy (non-hydrogen) atoms. The van der Waals surface area contributed by atoms with E-state index in [0.29, 0.717) is 6.61 Å². The highest BCUT2D eigenvalue weighted by atomic mass is 19.4. The molecule has 0 aromatic carbocycles. The third-order valence-corrected chi connectivity index (χ3v) is 0.608. The quantitative estimate of drug-likeness (QED) is 0.431. The lowest BCUT2D eigenvalue weighted by Gasteiger charge is -1.92. The molecule has 0 aliphatic rings. The van der Waals surface area contributed by atoms with Crippen LogP contribution in [0.3, 0.4) is 0 Å². The standard InChI is InChI=1S/C6H7F3O/c1-2-10-5-3-4-6(7,8)9/h2,5H2,1H3. The van der Waals surface area contributed by atoms with Gasteiger partial charge in [0.05, 0.1) is 0 Å². The van der Waals surface area contributed by atoms with E-state index in [1.165, 1.54) is 0 Å². The molecule has 0 heterocycles. The van der Waals surface area contributed by atoms with Gasteiger partial charge in [0.25, 0.3) is 0 Å². The molecular weight excluding hydrogens is 145 g/mol. The van der Waals surface area contributed by atoms with Crippen LogP contribution in [0, 0.1) is 11.8 Å². The molecule has 0 amide bonds. The largest absolute Gasteiger partial charge is 0.457 e. The number of hydrogen-bond donors (Lipinski definition) is 0. The van der Waals surface area contributed by atoms with Crippen LogP contribution in [0.1, 0.15) is 6.92 Å². The maximum absolute atomic E-state index is 11.3. The second-order valence-electron chi connectivity index (χ2n) is 1.44. The van der Waals surface area contributed by atoms with Crippen molar-refractivity contribution in [1.29, 1.82) is 0 Å². The molecule has 0 aliphatic carbocycles. The Morgan fingerprint density at radius 3 is 2.40 bits per heavy atom. The van der Waals surface area contributed by atoms with Crippen LogP contribution in [0.5, 0.6) is 0 Å². The minimum absolute atomic E-state index is 0.157.